The van der Waals surface area contributed by atoms with Crippen LogP contribution in [-0.4, -0.2) is 29.9 Å². The van der Waals surface area contributed by atoms with Crippen LogP contribution >= 0.6 is 11.8 Å². The maximum atomic E-state index is 12.5. The highest BCUT2D eigenvalue weighted by molar-refractivity contribution is 8.02. The van der Waals surface area contributed by atoms with Crippen molar-refractivity contribution >= 4 is 23.7 Å². The first kappa shape index (κ1) is 19.6. The molecule has 1 rings (SSSR count). The number of hydrogen-bond donors (Lipinski definition) is 0. The summed E-state index contributed by atoms with van der Waals surface area (Å²) in [5, 5.41) is 0. The molecule has 0 radical (unpaired) electrons. The van der Waals surface area contributed by atoms with Crippen molar-refractivity contribution in [2.45, 2.75) is 56.6 Å². The second-order valence-corrected chi connectivity index (χ2v) is 6.42. The van der Waals surface area contributed by atoms with Crippen LogP contribution in [0.2, 0.25) is 0 Å². The van der Waals surface area contributed by atoms with E-state index in [0.717, 1.165) is 23.3 Å². The molecule has 0 atom stereocenters. The van der Waals surface area contributed by atoms with Crippen LogP contribution in [0.25, 0.3) is 0 Å². The predicted octanol–water partition coefficient (Wildman–Crippen LogP) is 4.01. The second kappa shape index (κ2) is 9.60. The molecule has 0 saturated heterocycles. The Morgan fingerprint density at radius 3 is 2.04 bits per heavy atom. The van der Waals surface area contributed by atoms with Gasteiger partial charge in [-0.25, -0.2) is 9.59 Å². The molecule has 5 heteroatoms. The van der Waals surface area contributed by atoms with Gasteiger partial charge in [-0.3, -0.25) is 0 Å². The van der Waals surface area contributed by atoms with E-state index < -0.39 is 16.7 Å². The minimum Gasteiger partial charge on any atom is -0.465 e. The molecule has 23 heavy (non-hydrogen) atoms. The largest absolute Gasteiger partial charge is 0.465 e. The van der Waals surface area contributed by atoms with Crippen LogP contribution in [0.3, 0.4) is 0 Å². The zero-order valence-corrected chi connectivity index (χ0v) is 15.2. The first-order chi connectivity index (χ1) is 11.1. The molecule has 0 aliphatic rings. The van der Waals surface area contributed by atoms with Crippen molar-refractivity contribution in [3.05, 3.63) is 29.8 Å². The minimum atomic E-state index is -1.35. The molecule has 0 amide bonds. The Balaban J connectivity index is 3.24. The van der Waals surface area contributed by atoms with Gasteiger partial charge in [0.15, 0.2) is 0 Å². The molecule has 0 unspecified atom stereocenters. The molecule has 0 fully saturated rings. The summed E-state index contributed by atoms with van der Waals surface area (Å²) < 4.78 is 9.00. The maximum absolute atomic E-state index is 12.5. The van der Waals surface area contributed by atoms with Gasteiger partial charge in [0, 0.05) is 4.90 Å². The van der Waals surface area contributed by atoms with Gasteiger partial charge in [-0.2, -0.15) is 0 Å². The first-order valence-corrected chi connectivity index (χ1v) is 8.98. The van der Waals surface area contributed by atoms with Crippen LogP contribution in [0.15, 0.2) is 29.2 Å². The summed E-state index contributed by atoms with van der Waals surface area (Å²) in [7, 11) is 0. The highest BCUT2D eigenvalue weighted by atomic mass is 32.2. The van der Waals surface area contributed by atoms with E-state index in [9.17, 15) is 9.59 Å². The van der Waals surface area contributed by atoms with Gasteiger partial charge in [0.05, 0.1) is 13.2 Å². The van der Waals surface area contributed by atoms with Crippen LogP contribution in [0.5, 0.6) is 0 Å². The van der Waals surface area contributed by atoms with E-state index in [1.807, 2.05) is 31.2 Å². The Morgan fingerprint density at radius 2 is 1.57 bits per heavy atom. The zero-order chi connectivity index (χ0) is 17.3. The lowest BCUT2D eigenvalue weighted by molar-refractivity contribution is -0.158. The fourth-order valence-electron chi connectivity index (χ4n) is 2.29. The Kier molecular flexibility index (Phi) is 8.17. The smallest absolute Gasteiger partial charge is 0.334 e. The van der Waals surface area contributed by atoms with E-state index in [-0.39, 0.29) is 13.2 Å². The number of carbonyl (C=O) groups excluding carboxylic acids is 2. The van der Waals surface area contributed by atoms with Crippen molar-refractivity contribution in [1.82, 2.24) is 0 Å². The average molecular weight is 338 g/mol. The summed E-state index contributed by atoms with van der Waals surface area (Å²) in [4.78, 5) is 26.0. The summed E-state index contributed by atoms with van der Waals surface area (Å²) in [5.41, 5.74) is 1.13. The molecule has 0 saturated carbocycles. The molecular formula is C18H26O4S. The topological polar surface area (TPSA) is 52.6 Å². The molecule has 0 aliphatic heterocycles. The van der Waals surface area contributed by atoms with Crippen LogP contribution < -0.4 is 0 Å². The fourth-order valence-corrected chi connectivity index (χ4v) is 3.54. The van der Waals surface area contributed by atoms with Crippen molar-refractivity contribution in [2.24, 2.45) is 0 Å². The number of ether oxygens (including phenoxy) is 2. The van der Waals surface area contributed by atoms with Gasteiger partial charge in [-0.1, -0.05) is 50.2 Å². The minimum absolute atomic E-state index is 0.233. The molecule has 128 valence electrons. The van der Waals surface area contributed by atoms with E-state index in [4.69, 9.17) is 9.47 Å². The lowest BCUT2D eigenvalue weighted by Gasteiger charge is -2.28. The second-order valence-electron chi connectivity index (χ2n) is 5.08. The molecule has 0 bridgehead atoms. The Labute approximate surface area is 142 Å². The lowest BCUT2D eigenvalue weighted by atomic mass is 10.1. The molecule has 1 aromatic rings. The molecule has 4 nitrogen and oxygen atoms in total. The van der Waals surface area contributed by atoms with E-state index in [1.165, 1.54) is 11.8 Å². The molecule has 0 aliphatic carbocycles. The van der Waals surface area contributed by atoms with Crippen molar-refractivity contribution in [2.75, 3.05) is 13.2 Å². The summed E-state index contributed by atoms with van der Waals surface area (Å²) in [6.45, 7) is 7.85. The number of carbonyl (C=O) groups is 2. The van der Waals surface area contributed by atoms with Crippen molar-refractivity contribution in [1.29, 1.82) is 0 Å². The quantitative estimate of drug-likeness (QED) is 0.387. The van der Waals surface area contributed by atoms with Gasteiger partial charge in [-0.15, -0.1) is 0 Å². The molecule has 1 aromatic carbocycles. The van der Waals surface area contributed by atoms with Crippen LogP contribution in [0, 0.1) is 0 Å². The van der Waals surface area contributed by atoms with Gasteiger partial charge in [0.1, 0.15) is 0 Å². The van der Waals surface area contributed by atoms with Gasteiger partial charge < -0.3 is 9.47 Å². The van der Waals surface area contributed by atoms with Crippen molar-refractivity contribution in [3.63, 3.8) is 0 Å². The van der Waals surface area contributed by atoms with Crippen LogP contribution in [-0.2, 0) is 25.5 Å². The van der Waals surface area contributed by atoms with Crippen LogP contribution in [0.4, 0.5) is 0 Å². The van der Waals surface area contributed by atoms with Crippen molar-refractivity contribution < 1.29 is 19.1 Å². The highest BCUT2D eigenvalue weighted by Crippen LogP contribution is 2.40. The summed E-state index contributed by atoms with van der Waals surface area (Å²) in [6.07, 6.45) is 2.21. The predicted molar refractivity (Wildman–Crippen MR) is 92.6 cm³/mol. The monoisotopic (exact) mass is 338 g/mol. The Bertz CT molecular complexity index is 510. The Morgan fingerprint density at radius 1 is 1.00 bits per heavy atom. The SMILES string of the molecule is CCCc1ccccc1SC(CC)(C(=O)OCC)C(=O)OCC. The number of rotatable bonds is 9. The first-order valence-electron chi connectivity index (χ1n) is 8.16. The van der Waals surface area contributed by atoms with Gasteiger partial charge in [-0.05, 0) is 38.3 Å². The van der Waals surface area contributed by atoms with E-state index >= 15 is 0 Å². The third-order valence-electron chi connectivity index (χ3n) is 3.48. The summed E-state index contributed by atoms with van der Waals surface area (Å²) in [6, 6.07) is 7.86. The zero-order valence-electron chi connectivity index (χ0n) is 14.4. The molecule has 0 N–H and O–H groups in total. The van der Waals surface area contributed by atoms with Gasteiger partial charge in [0.2, 0.25) is 4.75 Å². The third kappa shape index (κ3) is 4.74. The number of aryl methyl sites for hydroxylation is 1. The van der Waals surface area contributed by atoms with E-state index in [0.29, 0.717) is 6.42 Å². The number of benzene rings is 1. The van der Waals surface area contributed by atoms with Gasteiger partial charge in [0.25, 0.3) is 0 Å². The lowest BCUT2D eigenvalue weighted by Crippen LogP contribution is -2.45. The standard InChI is InChI=1S/C18H26O4S/c1-5-11-14-12-9-10-13-15(14)23-18(6-2,16(19)21-7-3)17(20)22-8-4/h9-10,12-13H,5-8,11H2,1-4H3. The van der Waals surface area contributed by atoms with E-state index in [2.05, 4.69) is 6.92 Å². The van der Waals surface area contributed by atoms with Crippen molar-refractivity contribution in [3.8, 4) is 0 Å². The normalized spacial score (nSPS) is 11.1. The Hall–Kier alpha value is -1.49. The third-order valence-corrected chi connectivity index (χ3v) is 5.07. The number of hydrogen-bond acceptors (Lipinski definition) is 5. The summed E-state index contributed by atoms with van der Waals surface area (Å²) >= 11 is 1.25. The molecule has 0 aromatic heterocycles. The van der Waals surface area contributed by atoms with Gasteiger partial charge >= 0.3 is 11.9 Å². The number of esters is 2. The molecular weight excluding hydrogens is 312 g/mol. The molecule has 0 heterocycles. The average Bonchev–Trinajstić information content (AvgIpc) is 2.54. The maximum Gasteiger partial charge on any atom is 0.334 e. The highest BCUT2D eigenvalue weighted by Gasteiger charge is 2.49. The molecule has 0 spiro atoms. The summed E-state index contributed by atoms with van der Waals surface area (Å²) in [5.74, 6) is -1.06. The number of thioether (sulfide) groups is 1. The fraction of sp³-hybridized carbons (Fsp3) is 0.556. The van der Waals surface area contributed by atoms with E-state index in [1.54, 1.807) is 13.8 Å². The van der Waals surface area contributed by atoms with Crippen LogP contribution in [0.1, 0.15) is 46.1 Å².